The first-order valence-electron chi connectivity index (χ1n) is 2.31. The molecule has 0 aromatic carbocycles. The smallest absolute Gasteiger partial charge is 0.178 e. The summed E-state index contributed by atoms with van der Waals surface area (Å²) in [4.78, 5) is 3.86. The lowest BCUT2D eigenvalue weighted by molar-refractivity contribution is 0.918. The number of thioether (sulfide) groups is 1. The molecule has 0 bridgehead atoms. The number of nitrogens with zero attached hydrogens (tertiary/aromatic N) is 3. The van der Waals surface area contributed by atoms with Gasteiger partial charge in [-0.15, -0.1) is 22.0 Å². The molecule has 1 rings (SSSR count). The van der Waals surface area contributed by atoms with Crippen molar-refractivity contribution >= 4 is 17.6 Å². The van der Waals surface area contributed by atoms with Crippen molar-refractivity contribution < 1.29 is 0 Å². The summed E-state index contributed by atoms with van der Waals surface area (Å²) in [5.74, 6) is 0.394. The summed E-state index contributed by atoms with van der Waals surface area (Å²) >= 11 is 1.46. The lowest BCUT2D eigenvalue weighted by Gasteiger charge is -1.94. The second kappa shape index (κ2) is 2.63. The quantitative estimate of drug-likeness (QED) is 0.566. The SMILES string of the molecule is CSc1ncnnc1N. The van der Waals surface area contributed by atoms with E-state index in [1.54, 1.807) is 0 Å². The van der Waals surface area contributed by atoms with Gasteiger partial charge in [0.1, 0.15) is 11.4 Å². The average Bonchev–Trinajstić information content (AvgIpc) is 1.89. The molecule has 48 valence electrons. The molecule has 0 fully saturated rings. The second-order valence-corrected chi connectivity index (χ2v) is 2.15. The first-order chi connectivity index (χ1) is 4.34. The number of nitrogen functional groups attached to an aromatic ring is 1. The first kappa shape index (κ1) is 6.28. The zero-order chi connectivity index (χ0) is 6.69. The molecule has 0 spiro atoms. The van der Waals surface area contributed by atoms with Crippen molar-refractivity contribution in [2.45, 2.75) is 5.03 Å². The maximum Gasteiger partial charge on any atom is 0.178 e. The highest BCUT2D eigenvalue weighted by molar-refractivity contribution is 7.98. The molecule has 0 atom stereocenters. The maximum absolute atomic E-state index is 5.37. The van der Waals surface area contributed by atoms with E-state index in [9.17, 15) is 0 Å². The third-order valence-corrected chi connectivity index (χ3v) is 1.51. The van der Waals surface area contributed by atoms with Gasteiger partial charge in [0.2, 0.25) is 0 Å². The van der Waals surface area contributed by atoms with Crippen LogP contribution in [0.5, 0.6) is 0 Å². The zero-order valence-electron chi connectivity index (χ0n) is 4.90. The van der Waals surface area contributed by atoms with E-state index in [0.717, 1.165) is 5.03 Å². The summed E-state index contributed by atoms with van der Waals surface area (Å²) < 4.78 is 0. The Labute approximate surface area is 56.9 Å². The Morgan fingerprint density at radius 3 is 2.89 bits per heavy atom. The largest absolute Gasteiger partial charge is 0.380 e. The van der Waals surface area contributed by atoms with Crippen LogP contribution >= 0.6 is 11.8 Å². The topological polar surface area (TPSA) is 64.7 Å². The van der Waals surface area contributed by atoms with E-state index in [1.165, 1.54) is 18.1 Å². The lowest BCUT2D eigenvalue weighted by Crippen LogP contribution is -1.96. The predicted octanol–water partition coefficient (Wildman–Crippen LogP) is 0.176. The van der Waals surface area contributed by atoms with Crippen LogP contribution in [0.2, 0.25) is 0 Å². The summed E-state index contributed by atoms with van der Waals surface area (Å²) in [7, 11) is 0. The van der Waals surface area contributed by atoms with Crippen molar-refractivity contribution in [1.29, 1.82) is 0 Å². The highest BCUT2D eigenvalue weighted by Gasteiger charge is 1.96. The van der Waals surface area contributed by atoms with Crippen LogP contribution in [0.15, 0.2) is 11.4 Å². The van der Waals surface area contributed by atoms with Gasteiger partial charge in [-0.1, -0.05) is 0 Å². The molecule has 4 nitrogen and oxygen atoms in total. The highest BCUT2D eigenvalue weighted by Crippen LogP contribution is 2.14. The van der Waals surface area contributed by atoms with Crippen molar-refractivity contribution in [1.82, 2.24) is 15.2 Å². The minimum atomic E-state index is 0.394. The number of aromatic nitrogens is 3. The number of hydrogen-bond donors (Lipinski definition) is 1. The van der Waals surface area contributed by atoms with Gasteiger partial charge in [0.15, 0.2) is 5.82 Å². The monoisotopic (exact) mass is 142 g/mol. The van der Waals surface area contributed by atoms with Crippen molar-refractivity contribution in [3.05, 3.63) is 6.33 Å². The maximum atomic E-state index is 5.37. The molecule has 0 aliphatic carbocycles. The molecule has 5 heteroatoms. The molecule has 1 aromatic heterocycles. The Hall–Kier alpha value is -0.840. The highest BCUT2D eigenvalue weighted by atomic mass is 32.2. The van der Waals surface area contributed by atoms with Crippen LogP contribution in [0.25, 0.3) is 0 Å². The molecule has 0 saturated carbocycles. The number of anilines is 1. The van der Waals surface area contributed by atoms with Crippen molar-refractivity contribution in [3.8, 4) is 0 Å². The zero-order valence-corrected chi connectivity index (χ0v) is 5.72. The molecular formula is C4H6N4S. The third kappa shape index (κ3) is 1.29. The normalized spacial score (nSPS) is 9.44. The third-order valence-electron chi connectivity index (χ3n) is 0.805. The lowest BCUT2D eigenvalue weighted by atomic mass is 10.8. The molecule has 0 aliphatic heterocycles. The van der Waals surface area contributed by atoms with Crippen LogP contribution in [0.3, 0.4) is 0 Å². The molecule has 0 aliphatic rings. The van der Waals surface area contributed by atoms with Crippen LogP contribution in [0.4, 0.5) is 5.82 Å². The molecule has 1 heterocycles. The molecule has 1 aromatic rings. The van der Waals surface area contributed by atoms with E-state index in [4.69, 9.17) is 5.73 Å². The summed E-state index contributed by atoms with van der Waals surface area (Å²) in [5, 5.41) is 7.81. The standard InChI is InChI=1S/C4H6N4S/c1-9-4-3(5)8-7-2-6-4/h2H,1H3,(H2,5,8). The molecular weight excluding hydrogens is 136 g/mol. The van der Waals surface area contributed by atoms with Crippen molar-refractivity contribution in [2.24, 2.45) is 0 Å². The molecule has 0 radical (unpaired) electrons. The van der Waals surface area contributed by atoms with Gasteiger partial charge in [-0.05, 0) is 6.26 Å². The van der Waals surface area contributed by atoms with Crippen LogP contribution in [-0.2, 0) is 0 Å². The Balaban J connectivity index is 3.01. The van der Waals surface area contributed by atoms with Gasteiger partial charge >= 0.3 is 0 Å². The van der Waals surface area contributed by atoms with Crippen LogP contribution in [0.1, 0.15) is 0 Å². The van der Waals surface area contributed by atoms with Gasteiger partial charge in [0.25, 0.3) is 0 Å². The van der Waals surface area contributed by atoms with Gasteiger partial charge in [0.05, 0.1) is 0 Å². The molecule has 0 saturated heterocycles. The Bertz CT molecular complexity index is 202. The first-order valence-corrected chi connectivity index (χ1v) is 3.54. The fourth-order valence-electron chi connectivity index (χ4n) is 0.432. The average molecular weight is 142 g/mol. The van der Waals surface area contributed by atoms with Gasteiger partial charge in [-0.25, -0.2) is 4.98 Å². The van der Waals surface area contributed by atoms with Crippen molar-refractivity contribution in [2.75, 3.05) is 12.0 Å². The minimum absolute atomic E-state index is 0.394. The van der Waals surface area contributed by atoms with E-state index in [2.05, 4.69) is 15.2 Å². The summed E-state index contributed by atoms with van der Waals surface area (Å²) in [6.45, 7) is 0. The Morgan fingerprint density at radius 1 is 1.67 bits per heavy atom. The summed E-state index contributed by atoms with van der Waals surface area (Å²) in [6, 6.07) is 0. The summed E-state index contributed by atoms with van der Waals surface area (Å²) in [5.41, 5.74) is 5.37. The minimum Gasteiger partial charge on any atom is -0.380 e. The van der Waals surface area contributed by atoms with E-state index >= 15 is 0 Å². The second-order valence-electron chi connectivity index (χ2n) is 1.35. The fourth-order valence-corrected chi connectivity index (χ4v) is 0.835. The Morgan fingerprint density at radius 2 is 2.44 bits per heavy atom. The number of nitrogens with two attached hydrogens (primary N) is 1. The van der Waals surface area contributed by atoms with Crippen LogP contribution in [0, 0.1) is 0 Å². The van der Waals surface area contributed by atoms with Gasteiger partial charge < -0.3 is 5.73 Å². The molecule has 0 unspecified atom stereocenters. The Kier molecular flexibility index (Phi) is 1.84. The van der Waals surface area contributed by atoms with E-state index in [0.29, 0.717) is 5.82 Å². The number of rotatable bonds is 1. The molecule has 0 amide bonds. The molecule has 2 N–H and O–H groups in total. The van der Waals surface area contributed by atoms with Gasteiger partial charge in [-0.3, -0.25) is 0 Å². The van der Waals surface area contributed by atoms with E-state index < -0.39 is 0 Å². The van der Waals surface area contributed by atoms with E-state index in [1.807, 2.05) is 6.26 Å². The fraction of sp³-hybridized carbons (Fsp3) is 0.250. The molecule has 9 heavy (non-hydrogen) atoms. The predicted molar refractivity (Wildman–Crippen MR) is 36.0 cm³/mol. The van der Waals surface area contributed by atoms with Crippen molar-refractivity contribution in [3.63, 3.8) is 0 Å². The van der Waals surface area contributed by atoms with Gasteiger partial charge in [-0.2, -0.15) is 0 Å². The van der Waals surface area contributed by atoms with E-state index in [-0.39, 0.29) is 0 Å². The van der Waals surface area contributed by atoms with Crippen LogP contribution in [-0.4, -0.2) is 21.4 Å². The number of hydrogen-bond acceptors (Lipinski definition) is 5. The van der Waals surface area contributed by atoms with Crippen LogP contribution < -0.4 is 5.73 Å². The summed E-state index contributed by atoms with van der Waals surface area (Å²) in [6.07, 6.45) is 3.27. The van der Waals surface area contributed by atoms with Gasteiger partial charge in [0, 0.05) is 0 Å².